The standard InChI is InChI=1S/C45H54N6O3/c52-43(46-40-16-22-49(23-17-40)31-34-10-4-1-5-11-34)37-28-38(44(53)47-41-18-24-50(25-19-41)32-35-12-6-2-7-13-35)30-39(29-37)45(54)48-42-20-26-51(27-21-42)33-36-14-8-3-9-15-36/h1-15,28-30,40-42H,16-27,31-33H2,(H,46,52)(H,47,53)(H,48,54). The third kappa shape index (κ3) is 10.6. The molecule has 0 saturated carbocycles. The average molecular weight is 727 g/mol. The zero-order valence-electron chi connectivity index (χ0n) is 31.3. The topological polar surface area (TPSA) is 97.0 Å². The van der Waals surface area contributed by atoms with Gasteiger partial charge in [-0.2, -0.15) is 0 Å². The second-order valence-electron chi connectivity index (χ2n) is 15.3. The quantitative estimate of drug-likeness (QED) is 0.169. The van der Waals surface area contributed by atoms with Crippen molar-refractivity contribution in [1.82, 2.24) is 30.7 Å². The molecule has 0 radical (unpaired) electrons. The van der Waals surface area contributed by atoms with Gasteiger partial charge in [-0.25, -0.2) is 0 Å². The maximum absolute atomic E-state index is 13.8. The molecule has 3 amide bonds. The van der Waals surface area contributed by atoms with Gasteiger partial charge in [0.2, 0.25) is 0 Å². The summed E-state index contributed by atoms with van der Waals surface area (Å²) in [6, 6.07) is 36.4. The lowest BCUT2D eigenvalue weighted by atomic mass is 9.99. The van der Waals surface area contributed by atoms with Crippen LogP contribution in [0.25, 0.3) is 0 Å². The third-order valence-corrected chi connectivity index (χ3v) is 11.2. The highest BCUT2D eigenvalue weighted by molar-refractivity contribution is 6.04. The van der Waals surface area contributed by atoms with E-state index in [9.17, 15) is 14.4 Å². The molecule has 4 aromatic rings. The SMILES string of the molecule is O=C(NC1CCN(Cc2ccccc2)CC1)c1cc(C(=O)NC2CCN(Cc3ccccc3)CC2)cc(C(=O)NC2CCN(Cc3ccccc3)CC2)c1. The molecular weight excluding hydrogens is 673 g/mol. The summed E-state index contributed by atoms with van der Waals surface area (Å²) in [6.45, 7) is 8.05. The maximum atomic E-state index is 13.8. The highest BCUT2D eigenvalue weighted by atomic mass is 16.2. The van der Waals surface area contributed by atoms with Gasteiger partial charge in [-0.05, 0) is 73.4 Å². The van der Waals surface area contributed by atoms with E-state index in [-0.39, 0.29) is 35.8 Å². The molecule has 0 unspecified atom stereocenters. The Labute approximate surface area is 320 Å². The van der Waals surface area contributed by atoms with Crippen LogP contribution in [0.1, 0.15) is 86.3 Å². The lowest BCUT2D eigenvalue weighted by Gasteiger charge is -2.33. The minimum atomic E-state index is -0.247. The number of benzene rings is 4. The first-order valence-electron chi connectivity index (χ1n) is 19.8. The highest BCUT2D eigenvalue weighted by Crippen LogP contribution is 2.20. The fourth-order valence-corrected chi connectivity index (χ4v) is 8.06. The van der Waals surface area contributed by atoms with E-state index < -0.39 is 0 Å². The summed E-state index contributed by atoms with van der Waals surface area (Å²) < 4.78 is 0. The molecule has 3 N–H and O–H groups in total. The van der Waals surface area contributed by atoms with E-state index >= 15 is 0 Å². The fraction of sp³-hybridized carbons (Fsp3) is 0.400. The zero-order chi connectivity index (χ0) is 37.1. The maximum Gasteiger partial charge on any atom is 0.251 e. The smallest absolute Gasteiger partial charge is 0.251 e. The van der Waals surface area contributed by atoms with Gasteiger partial charge < -0.3 is 16.0 Å². The minimum absolute atomic E-state index is 0.0291. The largest absolute Gasteiger partial charge is 0.349 e. The summed E-state index contributed by atoms with van der Waals surface area (Å²) in [4.78, 5) is 48.6. The van der Waals surface area contributed by atoms with Gasteiger partial charge >= 0.3 is 0 Å². The minimum Gasteiger partial charge on any atom is -0.349 e. The van der Waals surface area contributed by atoms with Gasteiger partial charge in [0.05, 0.1) is 0 Å². The molecule has 0 bridgehead atoms. The van der Waals surface area contributed by atoms with E-state index in [0.29, 0.717) is 16.7 Å². The van der Waals surface area contributed by atoms with Crippen molar-refractivity contribution >= 4 is 17.7 Å². The Hall–Kier alpha value is -4.83. The van der Waals surface area contributed by atoms with Crippen LogP contribution < -0.4 is 16.0 Å². The Kier molecular flexibility index (Phi) is 12.8. The molecule has 282 valence electrons. The van der Waals surface area contributed by atoms with Crippen LogP contribution in [0, 0.1) is 0 Å². The number of carbonyl (C=O) groups is 3. The molecule has 3 saturated heterocycles. The molecule has 0 aromatic heterocycles. The van der Waals surface area contributed by atoms with Crippen LogP contribution >= 0.6 is 0 Å². The third-order valence-electron chi connectivity index (χ3n) is 11.2. The van der Waals surface area contributed by atoms with E-state index in [4.69, 9.17) is 0 Å². The number of hydrogen-bond acceptors (Lipinski definition) is 6. The first-order valence-corrected chi connectivity index (χ1v) is 19.8. The van der Waals surface area contributed by atoms with Crippen LogP contribution in [0.3, 0.4) is 0 Å². The summed E-state index contributed by atoms with van der Waals surface area (Å²) in [7, 11) is 0. The Bertz CT molecular complexity index is 1590. The van der Waals surface area contributed by atoms with Crippen LogP contribution in [0.4, 0.5) is 0 Å². The van der Waals surface area contributed by atoms with Gasteiger partial charge in [-0.15, -0.1) is 0 Å². The molecule has 0 spiro atoms. The van der Waals surface area contributed by atoms with Crippen molar-refractivity contribution in [2.45, 2.75) is 76.3 Å². The number of nitrogens with one attached hydrogen (secondary N) is 3. The second-order valence-corrected chi connectivity index (χ2v) is 15.3. The number of piperidine rings is 3. The van der Waals surface area contributed by atoms with Crippen molar-refractivity contribution in [3.8, 4) is 0 Å². The van der Waals surface area contributed by atoms with Crippen molar-refractivity contribution in [1.29, 1.82) is 0 Å². The predicted octanol–water partition coefficient (Wildman–Crippen LogP) is 5.87. The Balaban J connectivity index is 0.981. The lowest BCUT2D eigenvalue weighted by Crippen LogP contribution is -2.45. The van der Waals surface area contributed by atoms with Gasteiger partial charge in [0.15, 0.2) is 0 Å². The number of amides is 3. The van der Waals surface area contributed by atoms with Crippen LogP contribution in [0.5, 0.6) is 0 Å². The number of carbonyl (C=O) groups excluding carboxylic acids is 3. The normalized spacial score (nSPS) is 18.2. The van der Waals surface area contributed by atoms with Crippen LogP contribution in [0.2, 0.25) is 0 Å². The number of hydrogen-bond donors (Lipinski definition) is 3. The lowest BCUT2D eigenvalue weighted by molar-refractivity contribution is 0.0908. The van der Waals surface area contributed by atoms with E-state index in [1.54, 1.807) is 18.2 Å². The fourth-order valence-electron chi connectivity index (χ4n) is 8.06. The van der Waals surface area contributed by atoms with Crippen molar-refractivity contribution in [2.24, 2.45) is 0 Å². The van der Waals surface area contributed by atoms with E-state index in [1.807, 2.05) is 18.2 Å². The average Bonchev–Trinajstić information content (AvgIpc) is 3.21. The molecular formula is C45H54N6O3. The summed E-state index contributed by atoms with van der Waals surface area (Å²) in [5.74, 6) is -0.740. The molecule has 0 atom stereocenters. The van der Waals surface area contributed by atoms with Crippen molar-refractivity contribution in [3.63, 3.8) is 0 Å². The molecule has 4 aromatic carbocycles. The van der Waals surface area contributed by atoms with Crippen LogP contribution in [-0.2, 0) is 19.6 Å². The van der Waals surface area contributed by atoms with Crippen molar-refractivity contribution in [2.75, 3.05) is 39.3 Å². The first kappa shape index (κ1) is 37.5. The molecule has 0 aliphatic carbocycles. The first-order chi connectivity index (χ1) is 26.4. The summed E-state index contributed by atoms with van der Waals surface area (Å²) in [5, 5.41) is 9.67. The highest BCUT2D eigenvalue weighted by Gasteiger charge is 2.26. The van der Waals surface area contributed by atoms with Crippen molar-refractivity contribution < 1.29 is 14.4 Å². The number of rotatable bonds is 12. The monoisotopic (exact) mass is 726 g/mol. The Morgan fingerprint density at radius 3 is 0.889 bits per heavy atom. The van der Waals surface area contributed by atoms with E-state index in [1.165, 1.54) is 16.7 Å². The van der Waals surface area contributed by atoms with Gasteiger partial charge in [0.25, 0.3) is 17.7 Å². The second kappa shape index (κ2) is 18.5. The van der Waals surface area contributed by atoms with Crippen molar-refractivity contribution in [3.05, 3.63) is 143 Å². The van der Waals surface area contributed by atoms with Gasteiger partial charge in [0, 0.05) is 93.7 Å². The molecule has 7 rings (SSSR count). The van der Waals surface area contributed by atoms with E-state index in [0.717, 1.165) is 97.4 Å². The Morgan fingerprint density at radius 2 is 0.648 bits per heavy atom. The van der Waals surface area contributed by atoms with Gasteiger partial charge in [0.1, 0.15) is 0 Å². The molecule has 54 heavy (non-hydrogen) atoms. The predicted molar refractivity (Wildman–Crippen MR) is 213 cm³/mol. The molecule has 9 nitrogen and oxygen atoms in total. The molecule has 3 fully saturated rings. The molecule has 3 aliphatic heterocycles. The summed E-state index contributed by atoms with van der Waals surface area (Å²) >= 11 is 0. The molecule has 9 heteroatoms. The van der Waals surface area contributed by atoms with E-state index in [2.05, 4.69) is 103 Å². The van der Waals surface area contributed by atoms with Gasteiger partial charge in [-0.3, -0.25) is 29.1 Å². The zero-order valence-corrected chi connectivity index (χ0v) is 31.3. The van der Waals surface area contributed by atoms with Gasteiger partial charge in [-0.1, -0.05) is 91.0 Å². The summed E-state index contributed by atoms with van der Waals surface area (Å²) in [5.41, 5.74) is 4.89. The van der Waals surface area contributed by atoms with Crippen LogP contribution in [0.15, 0.2) is 109 Å². The molecule has 3 heterocycles. The number of nitrogens with zero attached hydrogens (tertiary/aromatic N) is 3. The van der Waals surface area contributed by atoms with Crippen LogP contribution in [-0.4, -0.2) is 89.8 Å². The Morgan fingerprint density at radius 1 is 0.407 bits per heavy atom. The molecule has 3 aliphatic rings. The summed E-state index contributed by atoms with van der Waals surface area (Å²) in [6.07, 6.45) is 5.07. The number of likely N-dealkylation sites (tertiary alicyclic amines) is 3.